The second-order valence-corrected chi connectivity index (χ2v) is 8.48. The first-order valence-corrected chi connectivity index (χ1v) is 11.0. The average molecular weight is 439 g/mol. The molecule has 0 spiro atoms. The summed E-state index contributed by atoms with van der Waals surface area (Å²) in [5, 5.41) is 8.42. The minimum atomic E-state index is -0.355. The molecule has 2 N–H and O–H groups in total. The minimum Gasteiger partial charge on any atom is -0.336 e. The molecule has 2 aromatic carbocycles. The number of nitrogens with zero attached hydrogens (tertiary/aromatic N) is 2. The van der Waals surface area contributed by atoms with Gasteiger partial charge < -0.3 is 15.5 Å². The number of hydrogen-bond donors (Lipinski definition) is 2. The van der Waals surface area contributed by atoms with E-state index in [1.165, 1.54) is 35.6 Å². The number of hydrogen-bond acceptors (Lipinski definition) is 5. The van der Waals surface area contributed by atoms with Gasteiger partial charge in [-0.15, -0.1) is 11.3 Å². The Labute approximate surface area is 184 Å². The first-order chi connectivity index (χ1) is 15.0. The third-order valence-electron chi connectivity index (χ3n) is 5.18. The van der Waals surface area contributed by atoms with Crippen molar-refractivity contribution in [1.82, 2.24) is 9.88 Å². The fourth-order valence-corrected chi connectivity index (χ4v) is 4.30. The number of aryl methyl sites for hydroxylation is 1. The summed E-state index contributed by atoms with van der Waals surface area (Å²) in [6, 6.07) is 13.6. The van der Waals surface area contributed by atoms with Crippen molar-refractivity contribution >= 4 is 39.7 Å². The molecule has 1 atom stereocenters. The molecule has 160 valence electrons. The summed E-state index contributed by atoms with van der Waals surface area (Å²) in [7, 11) is 0. The Bertz CT molecular complexity index is 1080. The lowest BCUT2D eigenvalue weighted by Crippen LogP contribution is -2.43. The molecule has 6 nitrogen and oxygen atoms in total. The molecule has 1 aliphatic heterocycles. The number of amides is 2. The van der Waals surface area contributed by atoms with E-state index in [9.17, 15) is 14.0 Å². The maximum atomic E-state index is 13.1. The van der Waals surface area contributed by atoms with Crippen molar-refractivity contribution in [2.75, 3.05) is 23.7 Å². The van der Waals surface area contributed by atoms with E-state index in [1.807, 2.05) is 31.2 Å². The lowest BCUT2D eigenvalue weighted by Gasteiger charge is -2.31. The summed E-state index contributed by atoms with van der Waals surface area (Å²) >= 11 is 1.37. The second kappa shape index (κ2) is 9.26. The number of carbonyl (C=O) groups excluding carboxylic acids is 2. The molecule has 0 aliphatic carbocycles. The van der Waals surface area contributed by atoms with Crippen LogP contribution < -0.4 is 10.6 Å². The fraction of sp³-hybridized carbons (Fsp3) is 0.261. The molecule has 0 bridgehead atoms. The topological polar surface area (TPSA) is 74.3 Å². The van der Waals surface area contributed by atoms with Crippen molar-refractivity contribution in [3.63, 3.8) is 0 Å². The molecule has 1 aliphatic rings. The Morgan fingerprint density at radius 2 is 1.97 bits per heavy atom. The Kier molecular flexibility index (Phi) is 6.27. The van der Waals surface area contributed by atoms with Gasteiger partial charge in [-0.05, 0) is 61.7 Å². The van der Waals surface area contributed by atoms with Crippen molar-refractivity contribution in [2.45, 2.75) is 19.8 Å². The number of aromatic nitrogens is 1. The van der Waals surface area contributed by atoms with Crippen LogP contribution in [0.15, 0.2) is 53.9 Å². The van der Waals surface area contributed by atoms with E-state index in [0.29, 0.717) is 36.0 Å². The van der Waals surface area contributed by atoms with Crippen LogP contribution in [0.3, 0.4) is 0 Å². The predicted molar refractivity (Wildman–Crippen MR) is 120 cm³/mol. The Morgan fingerprint density at radius 1 is 1.16 bits per heavy atom. The number of thiazole rings is 1. The van der Waals surface area contributed by atoms with Gasteiger partial charge in [0.25, 0.3) is 5.91 Å². The first-order valence-electron chi connectivity index (χ1n) is 10.1. The maximum absolute atomic E-state index is 13.1. The van der Waals surface area contributed by atoms with Crippen LogP contribution in [-0.2, 0) is 4.79 Å². The highest BCUT2D eigenvalue weighted by Crippen LogP contribution is 2.25. The first kappa shape index (κ1) is 21.0. The van der Waals surface area contributed by atoms with Crippen LogP contribution in [0.2, 0.25) is 0 Å². The number of carbonyl (C=O) groups is 2. The molecule has 0 radical (unpaired) electrons. The molecular formula is C23H23FN4O2S. The number of benzene rings is 2. The molecule has 8 heteroatoms. The van der Waals surface area contributed by atoms with Gasteiger partial charge in [0.05, 0.1) is 5.92 Å². The highest BCUT2D eigenvalue weighted by Gasteiger charge is 2.30. The normalized spacial score (nSPS) is 16.1. The van der Waals surface area contributed by atoms with E-state index in [2.05, 4.69) is 15.6 Å². The summed E-state index contributed by atoms with van der Waals surface area (Å²) in [4.78, 5) is 31.7. The summed E-state index contributed by atoms with van der Waals surface area (Å²) in [5.74, 6) is -1.00. The van der Waals surface area contributed by atoms with Gasteiger partial charge in [0.2, 0.25) is 5.91 Å². The van der Waals surface area contributed by atoms with Crippen LogP contribution >= 0.6 is 11.3 Å². The van der Waals surface area contributed by atoms with Crippen LogP contribution in [0.4, 0.5) is 20.9 Å². The number of piperidine rings is 1. The Morgan fingerprint density at radius 3 is 2.74 bits per heavy atom. The molecule has 2 amide bonds. The molecule has 1 aromatic heterocycles. The highest BCUT2D eigenvalue weighted by molar-refractivity contribution is 7.14. The smallest absolute Gasteiger partial charge is 0.273 e. The number of nitrogens with one attached hydrogen (secondary N) is 2. The zero-order valence-corrected chi connectivity index (χ0v) is 17.9. The van der Waals surface area contributed by atoms with Crippen LogP contribution in [-0.4, -0.2) is 34.8 Å². The molecule has 1 fully saturated rings. The SMILES string of the molecule is Cc1cccc(Nc2nc(C(=O)N3CCC[C@@H](C(=O)Nc4ccc(F)cc4)C3)cs2)c1. The third-order valence-corrected chi connectivity index (χ3v) is 5.94. The molecule has 2 heterocycles. The van der Waals surface area contributed by atoms with Gasteiger partial charge in [0, 0.05) is 29.8 Å². The molecule has 3 aromatic rings. The number of likely N-dealkylation sites (tertiary alicyclic amines) is 1. The van der Waals surface area contributed by atoms with E-state index in [-0.39, 0.29) is 23.5 Å². The van der Waals surface area contributed by atoms with Gasteiger partial charge >= 0.3 is 0 Å². The van der Waals surface area contributed by atoms with E-state index in [0.717, 1.165) is 17.7 Å². The van der Waals surface area contributed by atoms with E-state index in [1.54, 1.807) is 10.3 Å². The van der Waals surface area contributed by atoms with Gasteiger partial charge in [0.1, 0.15) is 11.5 Å². The fourth-order valence-electron chi connectivity index (χ4n) is 3.59. The third kappa shape index (κ3) is 5.27. The zero-order chi connectivity index (χ0) is 21.8. The summed E-state index contributed by atoms with van der Waals surface area (Å²) < 4.78 is 13.1. The lowest BCUT2D eigenvalue weighted by atomic mass is 9.96. The molecule has 0 unspecified atom stereocenters. The van der Waals surface area contributed by atoms with Gasteiger partial charge in [-0.2, -0.15) is 0 Å². The average Bonchev–Trinajstić information content (AvgIpc) is 3.23. The Balaban J connectivity index is 1.38. The van der Waals surface area contributed by atoms with Crippen molar-refractivity contribution in [3.8, 4) is 0 Å². The summed E-state index contributed by atoms with van der Waals surface area (Å²) in [5.41, 5.74) is 2.97. The predicted octanol–water partition coefficient (Wildman–Crippen LogP) is 4.83. The van der Waals surface area contributed by atoms with Crippen LogP contribution in [0.25, 0.3) is 0 Å². The second-order valence-electron chi connectivity index (χ2n) is 7.62. The quantitative estimate of drug-likeness (QED) is 0.599. The van der Waals surface area contributed by atoms with Crippen LogP contribution in [0.1, 0.15) is 28.9 Å². The zero-order valence-electron chi connectivity index (χ0n) is 17.1. The van der Waals surface area contributed by atoms with Crippen molar-refractivity contribution in [3.05, 3.63) is 71.0 Å². The number of rotatable bonds is 5. The number of halogens is 1. The van der Waals surface area contributed by atoms with Gasteiger partial charge in [-0.1, -0.05) is 12.1 Å². The summed E-state index contributed by atoms with van der Waals surface area (Å²) in [6.45, 7) is 2.95. The molecule has 0 saturated carbocycles. The molecule has 31 heavy (non-hydrogen) atoms. The summed E-state index contributed by atoms with van der Waals surface area (Å²) in [6.07, 6.45) is 1.44. The van der Waals surface area contributed by atoms with Gasteiger partial charge in [-0.3, -0.25) is 9.59 Å². The van der Waals surface area contributed by atoms with E-state index in [4.69, 9.17) is 0 Å². The van der Waals surface area contributed by atoms with Crippen LogP contribution in [0, 0.1) is 18.7 Å². The van der Waals surface area contributed by atoms with E-state index < -0.39 is 0 Å². The molecular weight excluding hydrogens is 415 g/mol. The van der Waals surface area contributed by atoms with Crippen molar-refractivity contribution in [2.24, 2.45) is 5.92 Å². The van der Waals surface area contributed by atoms with E-state index >= 15 is 0 Å². The molecule has 4 rings (SSSR count). The van der Waals surface area contributed by atoms with Crippen molar-refractivity contribution < 1.29 is 14.0 Å². The lowest BCUT2D eigenvalue weighted by molar-refractivity contribution is -0.121. The largest absolute Gasteiger partial charge is 0.336 e. The van der Waals surface area contributed by atoms with Gasteiger partial charge in [-0.25, -0.2) is 9.37 Å². The highest BCUT2D eigenvalue weighted by atomic mass is 32.1. The van der Waals surface area contributed by atoms with Crippen LogP contribution in [0.5, 0.6) is 0 Å². The monoisotopic (exact) mass is 438 g/mol. The minimum absolute atomic E-state index is 0.163. The van der Waals surface area contributed by atoms with Gasteiger partial charge in [0.15, 0.2) is 5.13 Å². The maximum Gasteiger partial charge on any atom is 0.273 e. The van der Waals surface area contributed by atoms with Crippen molar-refractivity contribution in [1.29, 1.82) is 0 Å². The number of anilines is 3. The molecule has 1 saturated heterocycles. The Hall–Kier alpha value is -3.26. The standard InChI is InChI=1S/C23H23FN4O2S/c1-15-4-2-6-19(12-15)26-23-27-20(14-31-23)22(30)28-11-3-5-16(13-28)21(29)25-18-9-7-17(24)8-10-18/h2,4,6-10,12,14,16H,3,5,11,13H2,1H3,(H,25,29)(H,26,27)/t16-/m1/s1.